The molecule has 1 atom stereocenters. The van der Waals surface area contributed by atoms with E-state index in [1.54, 1.807) is 10.9 Å². The molecule has 0 aliphatic carbocycles. The summed E-state index contributed by atoms with van der Waals surface area (Å²) in [7, 11) is 0. The molecule has 1 fully saturated rings. The Hall–Kier alpha value is -2.22. The van der Waals surface area contributed by atoms with E-state index in [0.717, 1.165) is 43.0 Å². The number of aromatic nitrogens is 4. The van der Waals surface area contributed by atoms with Gasteiger partial charge < -0.3 is 5.11 Å². The Kier molecular flexibility index (Phi) is 4.19. The number of aryl methyl sites for hydroxylation is 1. The Morgan fingerprint density at radius 3 is 3.09 bits per heavy atom. The quantitative estimate of drug-likeness (QED) is 0.881. The van der Waals surface area contributed by atoms with Crippen molar-refractivity contribution in [3.63, 3.8) is 0 Å². The Morgan fingerprint density at radius 1 is 1.50 bits per heavy atom. The molecule has 8 heteroatoms. The van der Waals surface area contributed by atoms with E-state index >= 15 is 0 Å². The lowest BCUT2D eigenvalue weighted by molar-refractivity contribution is -0.137. The highest BCUT2D eigenvalue weighted by Crippen LogP contribution is 2.27. The normalized spacial score (nSPS) is 19.4. The van der Waals surface area contributed by atoms with Crippen molar-refractivity contribution in [2.24, 2.45) is 0 Å². The first-order valence-corrected chi connectivity index (χ1v) is 7.37. The van der Waals surface area contributed by atoms with Gasteiger partial charge in [0.15, 0.2) is 0 Å². The molecule has 1 saturated heterocycles. The van der Waals surface area contributed by atoms with Gasteiger partial charge in [0.25, 0.3) is 0 Å². The van der Waals surface area contributed by atoms with E-state index in [1.165, 1.54) is 0 Å². The minimum Gasteiger partial charge on any atom is -0.480 e. The summed E-state index contributed by atoms with van der Waals surface area (Å²) >= 11 is 0. The summed E-state index contributed by atoms with van der Waals surface area (Å²) in [5, 5.41) is 20.8. The number of likely N-dealkylation sites (tertiary alicyclic amines) is 1. The third-order valence-corrected chi connectivity index (χ3v) is 4.08. The first kappa shape index (κ1) is 14.7. The van der Waals surface area contributed by atoms with Crippen molar-refractivity contribution in [3.05, 3.63) is 29.3 Å². The lowest BCUT2D eigenvalue weighted by atomic mass is 9.94. The van der Waals surface area contributed by atoms with Crippen LogP contribution in [0.3, 0.4) is 0 Å². The van der Waals surface area contributed by atoms with E-state index < -0.39 is 5.97 Å². The number of hydrogen-bond acceptors (Lipinski definition) is 6. The molecule has 3 rings (SSSR count). The number of carbonyl (C=O) groups is 1. The zero-order valence-electron chi connectivity index (χ0n) is 12.5. The summed E-state index contributed by atoms with van der Waals surface area (Å²) in [6, 6.07) is 1.92. The topological polar surface area (TPSA) is 97.3 Å². The summed E-state index contributed by atoms with van der Waals surface area (Å²) in [6.45, 7) is 4.35. The van der Waals surface area contributed by atoms with E-state index in [-0.39, 0.29) is 12.5 Å². The average molecular weight is 305 g/mol. The Morgan fingerprint density at radius 2 is 2.36 bits per heavy atom. The van der Waals surface area contributed by atoms with E-state index in [0.29, 0.717) is 6.54 Å². The van der Waals surface area contributed by atoms with Crippen molar-refractivity contribution in [2.75, 3.05) is 13.1 Å². The number of hydrogen-bond donors (Lipinski definition) is 1. The fourth-order valence-corrected chi connectivity index (χ4v) is 3.00. The van der Waals surface area contributed by atoms with Crippen LogP contribution in [0, 0.1) is 6.92 Å². The van der Waals surface area contributed by atoms with E-state index in [4.69, 9.17) is 9.74 Å². The molecular weight excluding hydrogens is 286 g/mol. The third-order valence-electron chi connectivity index (χ3n) is 4.08. The first-order valence-electron chi connectivity index (χ1n) is 7.37. The maximum Gasteiger partial charge on any atom is 0.325 e. The van der Waals surface area contributed by atoms with Crippen LogP contribution in [0.15, 0.2) is 16.9 Å². The molecule has 8 nitrogen and oxygen atoms in total. The zero-order valence-corrected chi connectivity index (χ0v) is 12.5. The zero-order chi connectivity index (χ0) is 15.5. The van der Waals surface area contributed by atoms with Crippen LogP contribution in [0.25, 0.3) is 0 Å². The van der Waals surface area contributed by atoms with Gasteiger partial charge >= 0.3 is 5.97 Å². The predicted molar refractivity (Wildman–Crippen MR) is 76.1 cm³/mol. The van der Waals surface area contributed by atoms with Crippen LogP contribution in [0.5, 0.6) is 0 Å². The van der Waals surface area contributed by atoms with Gasteiger partial charge in [-0.3, -0.25) is 14.4 Å². The van der Waals surface area contributed by atoms with Gasteiger partial charge in [-0.15, -0.1) is 0 Å². The van der Waals surface area contributed by atoms with Gasteiger partial charge in [-0.1, -0.05) is 10.3 Å². The van der Waals surface area contributed by atoms with E-state index in [9.17, 15) is 4.79 Å². The molecule has 2 aromatic rings. The highest BCUT2D eigenvalue weighted by Gasteiger charge is 2.25. The largest absolute Gasteiger partial charge is 0.480 e. The Labute approximate surface area is 127 Å². The second-order valence-corrected chi connectivity index (χ2v) is 5.68. The van der Waals surface area contributed by atoms with Crippen molar-refractivity contribution in [1.82, 2.24) is 25.0 Å². The summed E-state index contributed by atoms with van der Waals surface area (Å²) in [5.41, 5.74) is 2.67. The van der Waals surface area contributed by atoms with Gasteiger partial charge in [0, 0.05) is 30.9 Å². The molecule has 0 aromatic carbocycles. The lowest BCUT2D eigenvalue weighted by Crippen LogP contribution is -2.35. The van der Waals surface area contributed by atoms with Crippen LogP contribution in [-0.4, -0.2) is 49.2 Å². The predicted octanol–water partition coefficient (Wildman–Crippen LogP) is 1.04. The summed E-state index contributed by atoms with van der Waals surface area (Å²) in [5.74, 6) is -0.585. The molecule has 0 saturated carbocycles. The monoisotopic (exact) mass is 305 g/mol. The number of carboxylic acid groups (broad SMARTS) is 1. The molecule has 22 heavy (non-hydrogen) atoms. The molecule has 118 valence electrons. The van der Waals surface area contributed by atoms with Crippen LogP contribution in [0.1, 0.15) is 35.8 Å². The molecule has 1 aliphatic rings. The minimum absolute atomic E-state index is 0.0921. The standard InChI is InChI=1S/C14H19N5O3/c1-10-12(17-22-16-10)8-18-6-2-3-11(7-18)13-4-5-15-19(13)9-14(20)21/h4-5,11H,2-3,6-9H2,1H3,(H,20,21). The van der Waals surface area contributed by atoms with Crippen molar-refractivity contribution >= 4 is 5.97 Å². The molecule has 0 spiro atoms. The first-order chi connectivity index (χ1) is 10.6. The molecule has 1 unspecified atom stereocenters. The van der Waals surface area contributed by atoms with Gasteiger partial charge in [-0.05, 0) is 32.4 Å². The van der Waals surface area contributed by atoms with E-state index in [1.807, 2.05) is 13.0 Å². The van der Waals surface area contributed by atoms with Crippen LogP contribution in [-0.2, 0) is 17.9 Å². The molecule has 2 aromatic heterocycles. The van der Waals surface area contributed by atoms with Crippen molar-refractivity contribution in [3.8, 4) is 0 Å². The fourth-order valence-electron chi connectivity index (χ4n) is 3.00. The van der Waals surface area contributed by atoms with Gasteiger partial charge in [-0.2, -0.15) is 5.10 Å². The Balaban J connectivity index is 1.69. The van der Waals surface area contributed by atoms with Gasteiger partial charge in [0.2, 0.25) is 0 Å². The lowest BCUT2D eigenvalue weighted by Gasteiger charge is -2.32. The molecular formula is C14H19N5O3. The maximum absolute atomic E-state index is 10.9. The van der Waals surface area contributed by atoms with Crippen LogP contribution in [0.4, 0.5) is 0 Å². The number of piperidine rings is 1. The fraction of sp³-hybridized carbons (Fsp3) is 0.571. The second kappa shape index (κ2) is 6.27. The van der Waals surface area contributed by atoms with E-state index in [2.05, 4.69) is 20.3 Å². The number of carboxylic acids is 1. The summed E-state index contributed by atoms with van der Waals surface area (Å²) in [4.78, 5) is 13.2. The highest BCUT2D eigenvalue weighted by molar-refractivity contribution is 5.66. The Bertz CT molecular complexity index is 650. The second-order valence-electron chi connectivity index (χ2n) is 5.68. The molecule has 0 bridgehead atoms. The average Bonchev–Trinajstić information content (AvgIpc) is 3.09. The SMILES string of the molecule is Cc1nonc1CN1CCCC(c2ccnn2CC(=O)O)C1. The molecule has 3 heterocycles. The molecule has 1 N–H and O–H groups in total. The summed E-state index contributed by atoms with van der Waals surface area (Å²) in [6.07, 6.45) is 3.77. The number of rotatable bonds is 5. The van der Waals surface area contributed by atoms with Crippen molar-refractivity contribution in [2.45, 2.75) is 38.8 Å². The summed E-state index contributed by atoms with van der Waals surface area (Å²) < 4.78 is 6.33. The molecule has 0 radical (unpaired) electrons. The number of nitrogens with zero attached hydrogens (tertiary/aromatic N) is 5. The third kappa shape index (κ3) is 3.16. The maximum atomic E-state index is 10.9. The number of aliphatic carboxylic acids is 1. The van der Waals surface area contributed by atoms with Crippen molar-refractivity contribution < 1.29 is 14.5 Å². The van der Waals surface area contributed by atoms with Crippen LogP contribution >= 0.6 is 0 Å². The molecule has 1 aliphatic heterocycles. The van der Waals surface area contributed by atoms with Gasteiger partial charge in [-0.25, -0.2) is 4.63 Å². The highest BCUT2D eigenvalue weighted by atomic mass is 16.6. The minimum atomic E-state index is -0.873. The molecule has 0 amide bonds. The van der Waals surface area contributed by atoms with Crippen LogP contribution < -0.4 is 0 Å². The smallest absolute Gasteiger partial charge is 0.325 e. The van der Waals surface area contributed by atoms with Gasteiger partial charge in [0.1, 0.15) is 17.9 Å². The van der Waals surface area contributed by atoms with Crippen LogP contribution in [0.2, 0.25) is 0 Å². The van der Waals surface area contributed by atoms with Crippen molar-refractivity contribution in [1.29, 1.82) is 0 Å². The van der Waals surface area contributed by atoms with Gasteiger partial charge in [0.05, 0.1) is 0 Å².